The fourth-order valence-electron chi connectivity index (χ4n) is 0. The van der Waals surface area contributed by atoms with Gasteiger partial charge in [-0.05, 0) is 0 Å². The maximum Gasteiger partial charge on any atom is 0.668 e. The van der Waals surface area contributed by atoms with Crippen molar-refractivity contribution >= 4 is 18.9 Å². The molecule has 0 aliphatic rings. The molecule has 0 rings (SSSR count). The molecule has 0 heterocycles. The van der Waals surface area contributed by atoms with Gasteiger partial charge in [-0.15, -0.1) is 0 Å². The van der Waals surface area contributed by atoms with Gasteiger partial charge in [-0.1, -0.05) is 0 Å². The molecule has 0 aliphatic heterocycles. The summed E-state index contributed by atoms with van der Waals surface area (Å²) in [6.07, 6.45) is 0. The van der Waals surface area contributed by atoms with Crippen molar-refractivity contribution in [1.82, 2.24) is 6.15 Å². The predicted octanol–water partition coefficient (Wildman–Crippen LogP) is -2.39. The molecule has 0 radical (unpaired) electrons. The molecule has 0 bridgehead atoms. The standard InChI is InChI=1S/H3N.H4O4Si.H3P/c;1-5(2,3)4;/h1H3;1-4H;1H3. The molecule has 0 saturated carbocycles. The van der Waals surface area contributed by atoms with E-state index in [9.17, 15) is 0 Å². The minimum absolute atomic E-state index is 0. The van der Waals surface area contributed by atoms with Crippen molar-refractivity contribution in [1.29, 1.82) is 0 Å². The van der Waals surface area contributed by atoms with Gasteiger partial charge in [0.15, 0.2) is 0 Å². The summed E-state index contributed by atoms with van der Waals surface area (Å²) in [6.45, 7) is 0. The molecule has 0 aliphatic carbocycles. The van der Waals surface area contributed by atoms with Crippen molar-refractivity contribution in [3.05, 3.63) is 0 Å². The Hall–Kier alpha value is 0.447. The fraction of sp³-hybridized carbons (Fsp3) is 0. The zero-order valence-corrected chi connectivity index (χ0v) is 6.12. The van der Waals surface area contributed by atoms with E-state index in [0.29, 0.717) is 0 Å². The van der Waals surface area contributed by atoms with E-state index in [2.05, 4.69) is 0 Å². The molecular weight excluding hydrogens is 137 g/mol. The van der Waals surface area contributed by atoms with E-state index >= 15 is 0 Å². The molecule has 0 aromatic carbocycles. The number of hydrogen-bond donors (Lipinski definition) is 5. The van der Waals surface area contributed by atoms with Crippen molar-refractivity contribution in [2.24, 2.45) is 0 Å². The van der Waals surface area contributed by atoms with E-state index in [1.807, 2.05) is 0 Å². The van der Waals surface area contributed by atoms with Crippen LogP contribution >= 0.6 is 9.90 Å². The van der Waals surface area contributed by atoms with Crippen LogP contribution in [0.15, 0.2) is 0 Å². The molecule has 0 saturated heterocycles. The molecule has 0 aromatic heterocycles. The van der Waals surface area contributed by atoms with Crippen molar-refractivity contribution < 1.29 is 19.2 Å². The Bertz CT molecular complexity index is 27.2. The van der Waals surface area contributed by atoms with Gasteiger partial charge in [-0.3, -0.25) is 0 Å². The maximum atomic E-state index is 7.33. The molecule has 7 N–H and O–H groups in total. The van der Waals surface area contributed by atoms with Crippen LogP contribution in [0.25, 0.3) is 0 Å². The molecule has 1 unspecified atom stereocenters. The minimum atomic E-state index is -4.61. The predicted molar refractivity (Wildman–Crippen MR) is 30.8 cm³/mol. The van der Waals surface area contributed by atoms with Crippen LogP contribution in [-0.4, -0.2) is 28.2 Å². The average molecular weight is 147 g/mol. The van der Waals surface area contributed by atoms with Gasteiger partial charge in [0.1, 0.15) is 0 Å². The van der Waals surface area contributed by atoms with E-state index in [1.54, 1.807) is 0 Å². The van der Waals surface area contributed by atoms with Crippen LogP contribution < -0.4 is 6.15 Å². The SMILES string of the molecule is N.O[Si](O)(O)O.P. The van der Waals surface area contributed by atoms with Crippen LogP contribution in [0.1, 0.15) is 0 Å². The lowest BCUT2D eigenvalue weighted by Crippen LogP contribution is -2.33. The summed E-state index contributed by atoms with van der Waals surface area (Å²) in [5.74, 6) is 0. The molecule has 7 heteroatoms. The van der Waals surface area contributed by atoms with Gasteiger partial charge in [0.2, 0.25) is 0 Å². The van der Waals surface area contributed by atoms with Crippen molar-refractivity contribution in [2.45, 2.75) is 0 Å². The highest BCUT2D eigenvalue weighted by atomic mass is 31.0. The van der Waals surface area contributed by atoms with Gasteiger partial charge >= 0.3 is 9.05 Å². The van der Waals surface area contributed by atoms with Gasteiger partial charge in [-0.2, -0.15) is 9.90 Å². The summed E-state index contributed by atoms with van der Waals surface area (Å²) >= 11 is 0. The van der Waals surface area contributed by atoms with E-state index in [1.165, 1.54) is 0 Å². The first kappa shape index (κ1) is 15.7. The lowest BCUT2D eigenvalue weighted by molar-refractivity contribution is 0.117. The molecule has 0 fully saturated rings. The highest BCUT2D eigenvalue weighted by Crippen LogP contribution is 1.67. The van der Waals surface area contributed by atoms with Crippen LogP contribution in [0.3, 0.4) is 0 Å². The smallest absolute Gasteiger partial charge is 0.368 e. The summed E-state index contributed by atoms with van der Waals surface area (Å²) in [4.78, 5) is 29.3. The molecule has 0 aromatic rings. The summed E-state index contributed by atoms with van der Waals surface area (Å²) in [6, 6.07) is 0. The normalized spacial score (nSPS) is 8.57. The molecule has 7 heavy (non-hydrogen) atoms. The summed E-state index contributed by atoms with van der Waals surface area (Å²) < 4.78 is 0. The second-order valence-corrected chi connectivity index (χ2v) is 1.80. The van der Waals surface area contributed by atoms with Gasteiger partial charge in [0, 0.05) is 0 Å². The van der Waals surface area contributed by atoms with Crippen LogP contribution in [-0.2, 0) is 0 Å². The van der Waals surface area contributed by atoms with E-state index in [-0.39, 0.29) is 16.0 Å². The zero-order valence-electron chi connectivity index (χ0n) is 3.70. The van der Waals surface area contributed by atoms with Gasteiger partial charge in [0.25, 0.3) is 0 Å². The van der Waals surface area contributed by atoms with Gasteiger partial charge in [0.05, 0.1) is 0 Å². The Balaban J connectivity index is -0.0000000800. The largest absolute Gasteiger partial charge is 0.668 e. The summed E-state index contributed by atoms with van der Waals surface area (Å²) in [5.41, 5.74) is 0. The minimum Gasteiger partial charge on any atom is -0.368 e. The highest BCUT2D eigenvalue weighted by Gasteiger charge is 2.22. The number of hydrogen-bond acceptors (Lipinski definition) is 5. The van der Waals surface area contributed by atoms with Crippen LogP contribution in [0.4, 0.5) is 0 Å². The number of rotatable bonds is 0. The van der Waals surface area contributed by atoms with Gasteiger partial charge in [-0.25, -0.2) is 0 Å². The quantitative estimate of drug-likeness (QED) is 0.194. The lowest BCUT2D eigenvalue weighted by atomic mass is 14.0. The van der Waals surface area contributed by atoms with E-state index in [0.717, 1.165) is 0 Å². The molecule has 48 valence electrons. The Kier molecular flexibility index (Phi) is 10.3. The van der Waals surface area contributed by atoms with Crippen molar-refractivity contribution in [2.75, 3.05) is 0 Å². The monoisotopic (exact) mass is 147 g/mol. The lowest BCUT2D eigenvalue weighted by Gasteiger charge is -1.91. The Morgan fingerprint density at radius 2 is 0.857 bits per heavy atom. The molecule has 5 nitrogen and oxygen atoms in total. The van der Waals surface area contributed by atoms with Crippen LogP contribution in [0, 0.1) is 0 Å². The Morgan fingerprint density at radius 3 is 0.857 bits per heavy atom. The third-order valence-electron chi connectivity index (χ3n) is 0. The molecule has 0 amide bonds. The van der Waals surface area contributed by atoms with Gasteiger partial charge < -0.3 is 25.3 Å². The second-order valence-electron chi connectivity index (χ2n) is 0.600. The third-order valence-corrected chi connectivity index (χ3v) is 0. The molecule has 1 atom stereocenters. The molecular formula is H10NO4PSi. The maximum absolute atomic E-state index is 7.33. The molecule has 0 spiro atoms. The fourth-order valence-corrected chi connectivity index (χ4v) is 0. The van der Waals surface area contributed by atoms with E-state index in [4.69, 9.17) is 19.2 Å². The average Bonchev–Trinajstić information content (AvgIpc) is 0.722. The zero-order chi connectivity index (χ0) is 4.50. The topological polar surface area (TPSA) is 116 Å². The van der Waals surface area contributed by atoms with E-state index < -0.39 is 9.05 Å². The Labute approximate surface area is 45.3 Å². The first-order chi connectivity index (χ1) is 2.00. The van der Waals surface area contributed by atoms with Crippen molar-refractivity contribution in [3.63, 3.8) is 0 Å². The second kappa shape index (κ2) is 4.60. The summed E-state index contributed by atoms with van der Waals surface area (Å²) in [5, 5.41) is 0. The van der Waals surface area contributed by atoms with Crippen molar-refractivity contribution in [3.8, 4) is 0 Å². The van der Waals surface area contributed by atoms with Crippen LogP contribution in [0.5, 0.6) is 0 Å². The Morgan fingerprint density at radius 1 is 0.857 bits per heavy atom. The first-order valence-corrected chi connectivity index (χ1v) is 2.68. The highest BCUT2D eigenvalue weighted by molar-refractivity contribution is 6.92. The van der Waals surface area contributed by atoms with Crippen LogP contribution in [0.2, 0.25) is 0 Å². The summed E-state index contributed by atoms with van der Waals surface area (Å²) in [7, 11) is -4.61. The first-order valence-electron chi connectivity index (χ1n) is 0.894. The third kappa shape index (κ3) is 638.